The van der Waals surface area contributed by atoms with Crippen LogP contribution in [0, 0.1) is 12.7 Å². The quantitative estimate of drug-likeness (QED) is 0.820. The summed E-state index contributed by atoms with van der Waals surface area (Å²) in [6, 6.07) is 9.66. The highest BCUT2D eigenvalue weighted by atomic mass is 35.5. The van der Waals surface area contributed by atoms with Gasteiger partial charge in [0.15, 0.2) is 0 Å². The molecule has 2 aromatic carbocycles. The van der Waals surface area contributed by atoms with Crippen LogP contribution in [0.4, 0.5) is 10.1 Å². The molecule has 0 atom stereocenters. The number of carbonyl (C=O) groups excluding carboxylic acids is 1. The molecule has 0 heterocycles. The van der Waals surface area contributed by atoms with Crippen LogP contribution in [0.3, 0.4) is 0 Å². The third-order valence-corrected chi connectivity index (χ3v) is 4.41. The molecule has 0 unspecified atom stereocenters. The minimum absolute atomic E-state index is 0.115. The van der Waals surface area contributed by atoms with Gasteiger partial charge in [-0.1, -0.05) is 11.6 Å². The molecule has 0 spiro atoms. The van der Waals surface area contributed by atoms with Gasteiger partial charge in [0.05, 0.1) is 12.9 Å². The molecule has 3 nitrogen and oxygen atoms in total. The Bertz CT molecular complexity index is 709. The highest BCUT2D eigenvalue weighted by Crippen LogP contribution is 2.24. The number of benzene rings is 2. The molecule has 23 heavy (non-hydrogen) atoms. The maximum atomic E-state index is 13.3. The minimum Gasteiger partial charge on any atom is -0.496 e. The van der Waals surface area contributed by atoms with Gasteiger partial charge < -0.3 is 10.1 Å². The van der Waals surface area contributed by atoms with E-state index < -0.39 is 0 Å². The largest absolute Gasteiger partial charge is 0.496 e. The van der Waals surface area contributed by atoms with Gasteiger partial charge in [-0.3, -0.25) is 4.79 Å². The highest BCUT2D eigenvalue weighted by Gasteiger charge is 2.08. The van der Waals surface area contributed by atoms with E-state index in [1.165, 1.54) is 31.0 Å². The zero-order valence-corrected chi connectivity index (χ0v) is 14.4. The first-order valence-electron chi connectivity index (χ1n) is 6.95. The summed E-state index contributed by atoms with van der Waals surface area (Å²) in [4.78, 5) is 12.0. The summed E-state index contributed by atoms with van der Waals surface area (Å²) in [5.41, 5.74) is 2.37. The predicted molar refractivity (Wildman–Crippen MR) is 93.9 cm³/mol. The SMILES string of the molecule is COc1ccc(F)cc1CSCC(=O)Nc1ccc(Cl)cc1C. The number of aryl methyl sites for hydroxylation is 1. The number of nitrogens with one attached hydrogen (secondary N) is 1. The lowest BCUT2D eigenvalue weighted by molar-refractivity contribution is -0.113. The Labute approximate surface area is 144 Å². The topological polar surface area (TPSA) is 38.3 Å². The molecule has 0 bridgehead atoms. The van der Waals surface area contributed by atoms with Crippen LogP contribution in [-0.2, 0) is 10.5 Å². The number of ether oxygens (including phenoxy) is 1. The fourth-order valence-corrected chi connectivity index (χ4v) is 3.10. The number of anilines is 1. The average molecular weight is 354 g/mol. The molecule has 0 radical (unpaired) electrons. The van der Waals surface area contributed by atoms with Crippen molar-refractivity contribution in [3.05, 3.63) is 58.4 Å². The van der Waals surface area contributed by atoms with E-state index in [2.05, 4.69) is 5.32 Å². The van der Waals surface area contributed by atoms with Crippen LogP contribution in [0.5, 0.6) is 5.75 Å². The Morgan fingerprint density at radius 3 is 2.78 bits per heavy atom. The van der Waals surface area contributed by atoms with Crippen LogP contribution in [0.25, 0.3) is 0 Å². The summed E-state index contributed by atoms with van der Waals surface area (Å²) < 4.78 is 18.5. The van der Waals surface area contributed by atoms with Crippen LogP contribution in [0.1, 0.15) is 11.1 Å². The second kappa shape index (κ2) is 8.22. The standard InChI is InChI=1S/C17H17ClFNO2S/c1-11-7-13(18)3-5-15(11)20-17(21)10-23-9-12-8-14(19)4-6-16(12)22-2/h3-8H,9-10H2,1-2H3,(H,20,21). The van der Waals surface area contributed by atoms with Crippen LogP contribution < -0.4 is 10.1 Å². The van der Waals surface area contributed by atoms with Crippen LogP contribution >= 0.6 is 23.4 Å². The Kier molecular flexibility index (Phi) is 6.30. The second-order valence-electron chi connectivity index (χ2n) is 4.96. The van der Waals surface area contributed by atoms with Gasteiger partial charge in [0.2, 0.25) is 5.91 Å². The number of halogens is 2. The van der Waals surface area contributed by atoms with E-state index in [4.69, 9.17) is 16.3 Å². The van der Waals surface area contributed by atoms with E-state index in [0.717, 1.165) is 16.8 Å². The Morgan fingerprint density at radius 1 is 1.30 bits per heavy atom. The van der Waals surface area contributed by atoms with Crippen molar-refractivity contribution >= 4 is 35.0 Å². The van der Waals surface area contributed by atoms with Crippen molar-refractivity contribution in [3.8, 4) is 5.75 Å². The molecule has 0 aliphatic rings. The Morgan fingerprint density at radius 2 is 2.09 bits per heavy atom. The van der Waals surface area contributed by atoms with Crippen molar-refractivity contribution in [2.24, 2.45) is 0 Å². The molecule has 0 fully saturated rings. The van der Waals surface area contributed by atoms with Crippen molar-refractivity contribution in [2.75, 3.05) is 18.2 Å². The lowest BCUT2D eigenvalue weighted by Gasteiger charge is -2.10. The van der Waals surface area contributed by atoms with Gasteiger partial charge in [-0.05, 0) is 48.9 Å². The summed E-state index contributed by atoms with van der Waals surface area (Å²) in [6.07, 6.45) is 0. The fourth-order valence-electron chi connectivity index (χ4n) is 2.07. The first kappa shape index (κ1) is 17.6. The van der Waals surface area contributed by atoms with Gasteiger partial charge in [0.25, 0.3) is 0 Å². The Balaban J connectivity index is 1.89. The van der Waals surface area contributed by atoms with Gasteiger partial charge in [0.1, 0.15) is 11.6 Å². The number of methoxy groups -OCH3 is 1. The molecule has 122 valence electrons. The molecular weight excluding hydrogens is 337 g/mol. The molecule has 0 aromatic heterocycles. The smallest absolute Gasteiger partial charge is 0.234 e. The summed E-state index contributed by atoms with van der Waals surface area (Å²) in [6.45, 7) is 1.88. The third-order valence-electron chi connectivity index (χ3n) is 3.20. The molecule has 0 saturated heterocycles. The van der Waals surface area contributed by atoms with Crippen molar-refractivity contribution < 1.29 is 13.9 Å². The first-order chi connectivity index (χ1) is 11.0. The van der Waals surface area contributed by atoms with E-state index in [0.29, 0.717) is 16.5 Å². The highest BCUT2D eigenvalue weighted by molar-refractivity contribution is 7.99. The molecule has 1 amide bonds. The zero-order chi connectivity index (χ0) is 16.8. The molecule has 0 saturated carbocycles. The van der Waals surface area contributed by atoms with Gasteiger partial charge in [-0.15, -0.1) is 11.8 Å². The van der Waals surface area contributed by atoms with Crippen LogP contribution in [-0.4, -0.2) is 18.8 Å². The predicted octanol–water partition coefficient (Wildman–Crippen LogP) is 4.67. The van der Waals surface area contributed by atoms with E-state index >= 15 is 0 Å². The number of thioether (sulfide) groups is 1. The van der Waals surface area contributed by atoms with E-state index in [-0.39, 0.29) is 17.5 Å². The van der Waals surface area contributed by atoms with Gasteiger partial charge >= 0.3 is 0 Å². The minimum atomic E-state index is -0.317. The van der Waals surface area contributed by atoms with E-state index in [1.807, 2.05) is 6.92 Å². The molecule has 6 heteroatoms. The van der Waals surface area contributed by atoms with Crippen LogP contribution in [0.2, 0.25) is 5.02 Å². The number of rotatable bonds is 6. The van der Waals surface area contributed by atoms with Crippen molar-refractivity contribution in [1.82, 2.24) is 0 Å². The number of amides is 1. The number of carbonyl (C=O) groups is 1. The molecule has 0 aliphatic heterocycles. The maximum absolute atomic E-state index is 13.3. The first-order valence-corrected chi connectivity index (χ1v) is 8.49. The molecule has 0 aliphatic carbocycles. The normalized spacial score (nSPS) is 10.4. The maximum Gasteiger partial charge on any atom is 0.234 e. The monoisotopic (exact) mass is 353 g/mol. The lowest BCUT2D eigenvalue weighted by Crippen LogP contribution is -2.15. The summed E-state index contributed by atoms with van der Waals surface area (Å²) in [5.74, 6) is 0.946. The van der Waals surface area contributed by atoms with Crippen molar-refractivity contribution in [1.29, 1.82) is 0 Å². The van der Waals surface area contributed by atoms with Crippen molar-refractivity contribution in [3.63, 3.8) is 0 Å². The summed E-state index contributed by atoms with van der Waals surface area (Å²) in [5, 5.41) is 3.47. The number of hydrogen-bond acceptors (Lipinski definition) is 3. The molecule has 2 aromatic rings. The summed E-state index contributed by atoms with van der Waals surface area (Å²) >= 11 is 7.28. The van der Waals surface area contributed by atoms with Gasteiger partial charge in [0, 0.05) is 22.0 Å². The van der Waals surface area contributed by atoms with Gasteiger partial charge in [-0.2, -0.15) is 0 Å². The zero-order valence-electron chi connectivity index (χ0n) is 12.9. The molecule has 2 rings (SSSR count). The lowest BCUT2D eigenvalue weighted by atomic mass is 10.2. The number of hydrogen-bond donors (Lipinski definition) is 1. The average Bonchev–Trinajstić information content (AvgIpc) is 2.50. The van der Waals surface area contributed by atoms with Crippen molar-refractivity contribution in [2.45, 2.75) is 12.7 Å². The Hall–Kier alpha value is -1.72. The fraction of sp³-hybridized carbons (Fsp3) is 0.235. The second-order valence-corrected chi connectivity index (χ2v) is 6.38. The third kappa shape index (κ3) is 5.15. The van der Waals surface area contributed by atoms with Gasteiger partial charge in [-0.25, -0.2) is 4.39 Å². The van der Waals surface area contributed by atoms with Crippen LogP contribution in [0.15, 0.2) is 36.4 Å². The molecular formula is C17H17ClFNO2S. The van der Waals surface area contributed by atoms with E-state index in [9.17, 15) is 9.18 Å². The molecule has 1 N–H and O–H groups in total. The van der Waals surface area contributed by atoms with E-state index in [1.54, 1.807) is 24.3 Å². The summed E-state index contributed by atoms with van der Waals surface area (Å²) in [7, 11) is 1.54.